The van der Waals surface area contributed by atoms with E-state index in [9.17, 15) is 19.7 Å². The zero-order valence-corrected chi connectivity index (χ0v) is 17.4. The summed E-state index contributed by atoms with van der Waals surface area (Å²) in [6.45, 7) is 4.03. The third-order valence-electron chi connectivity index (χ3n) is 5.22. The van der Waals surface area contributed by atoms with Gasteiger partial charge in [-0.15, -0.1) is 11.3 Å². The molecule has 0 spiro atoms. The summed E-state index contributed by atoms with van der Waals surface area (Å²) in [6, 6.07) is 10.3. The monoisotopic (exact) mass is 424 g/mol. The van der Waals surface area contributed by atoms with Crippen molar-refractivity contribution in [3.8, 4) is 0 Å². The molecule has 1 saturated heterocycles. The lowest BCUT2D eigenvalue weighted by Gasteiger charge is -2.17. The smallest absolute Gasteiger partial charge is 0.274 e. The minimum atomic E-state index is -0.532. The second-order valence-corrected chi connectivity index (χ2v) is 8.47. The molecule has 30 heavy (non-hydrogen) atoms. The van der Waals surface area contributed by atoms with Gasteiger partial charge < -0.3 is 10.2 Å². The average molecular weight is 424 g/mol. The third kappa shape index (κ3) is 3.76. The first kappa shape index (κ1) is 20.0. The van der Waals surface area contributed by atoms with E-state index in [1.807, 2.05) is 32.0 Å². The van der Waals surface area contributed by atoms with Gasteiger partial charge in [0.25, 0.3) is 5.69 Å². The van der Waals surface area contributed by atoms with Crippen molar-refractivity contribution >= 4 is 50.4 Å². The highest BCUT2D eigenvalue weighted by Crippen LogP contribution is 2.31. The van der Waals surface area contributed by atoms with Crippen LogP contribution in [-0.4, -0.2) is 28.3 Å². The van der Waals surface area contributed by atoms with Gasteiger partial charge >= 0.3 is 0 Å². The summed E-state index contributed by atoms with van der Waals surface area (Å²) in [4.78, 5) is 42.1. The zero-order chi connectivity index (χ0) is 21.4. The van der Waals surface area contributed by atoms with E-state index in [4.69, 9.17) is 0 Å². The van der Waals surface area contributed by atoms with E-state index in [0.717, 1.165) is 20.9 Å². The number of nitrogens with one attached hydrogen (secondary N) is 1. The summed E-state index contributed by atoms with van der Waals surface area (Å²) >= 11 is 1.59. The van der Waals surface area contributed by atoms with E-state index >= 15 is 0 Å². The fraction of sp³-hybridized carbons (Fsp3) is 0.286. The average Bonchev–Trinajstić information content (AvgIpc) is 3.28. The normalized spacial score (nSPS) is 16.3. The Morgan fingerprint density at radius 2 is 2.13 bits per heavy atom. The highest BCUT2D eigenvalue weighted by molar-refractivity contribution is 7.18. The number of rotatable bonds is 5. The summed E-state index contributed by atoms with van der Waals surface area (Å²) < 4.78 is 1.05. The highest BCUT2D eigenvalue weighted by atomic mass is 32.1. The van der Waals surface area contributed by atoms with Crippen LogP contribution in [-0.2, 0) is 16.0 Å². The Labute approximate surface area is 176 Å². The maximum absolute atomic E-state index is 12.7. The number of aryl methyl sites for hydroxylation is 2. The molecule has 2 aromatic carbocycles. The van der Waals surface area contributed by atoms with Crippen molar-refractivity contribution in [3.63, 3.8) is 0 Å². The number of nitro benzene ring substituents is 1. The number of aromatic nitrogens is 1. The van der Waals surface area contributed by atoms with Gasteiger partial charge in [-0.05, 0) is 37.6 Å². The van der Waals surface area contributed by atoms with Crippen molar-refractivity contribution in [2.24, 2.45) is 5.92 Å². The number of carbonyl (C=O) groups excluding carboxylic acids is 2. The van der Waals surface area contributed by atoms with E-state index < -0.39 is 10.8 Å². The Morgan fingerprint density at radius 3 is 2.87 bits per heavy atom. The summed E-state index contributed by atoms with van der Waals surface area (Å²) in [6.07, 6.45) is 0.620. The van der Waals surface area contributed by atoms with Gasteiger partial charge in [-0.1, -0.05) is 13.0 Å². The number of nitro groups is 1. The number of hydrogen-bond acceptors (Lipinski definition) is 6. The molecule has 1 aliphatic rings. The number of benzene rings is 2. The number of nitrogens with zero attached hydrogens (tertiary/aromatic N) is 3. The maximum atomic E-state index is 12.7. The lowest BCUT2D eigenvalue weighted by Crippen LogP contribution is -2.28. The van der Waals surface area contributed by atoms with Gasteiger partial charge in [-0.25, -0.2) is 4.98 Å². The van der Waals surface area contributed by atoms with Crippen LogP contribution in [0.25, 0.3) is 10.2 Å². The van der Waals surface area contributed by atoms with Crippen LogP contribution in [0.4, 0.5) is 17.1 Å². The van der Waals surface area contributed by atoms with Crippen LogP contribution in [0.3, 0.4) is 0 Å². The van der Waals surface area contributed by atoms with Gasteiger partial charge in [0.1, 0.15) is 0 Å². The number of amides is 2. The molecular formula is C21H20N4O4S. The van der Waals surface area contributed by atoms with Crippen molar-refractivity contribution in [1.82, 2.24) is 4.98 Å². The Hall–Kier alpha value is -3.33. The number of carbonyl (C=O) groups is 2. The van der Waals surface area contributed by atoms with Crippen molar-refractivity contribution in [2.45, 2.75) is 26.7 Å². The standard InChI is InChI=1S/C21H20N4O4S/c1-3-13-4-5-15(9-18(13)25(28)29)23-21(27)14-8-20(26)24(11-14)16-6-7-19-17(10-16)22-12(2)30-19/h4-7,9-10,14H,3,8,11H2,1-2H3,(H,23,27). The predicted octanol–water partition coefficient (Wildman–Crippen LogP) is 4.07. The molecule has 1 N–H and O–H groups in total. The van der Waals surface area contributed by atoms with Gasteiger partial charge in [0, 0.05) is 36.0 Å². The fourth-order valence-electron chi connectivity index (χ4n) is 3.69. The van der Waals surface area contributed by atoms with Crippen molar-refractivity contribution < 1.29 is 14.5 Å². The molecule has 0 aliphatic carbocycles. The molecule has 2 amide bonds. The minimum absolute atomic E-state index is 0.0220. The van der Waals surface area contributed by atoms with Crippen LogP contribution < -0.4 is 10.2 Å². The van der Waals surface area contributed by atoms with E-state index in [0.29, 0.717) is 17.7 Å². The van der Waals surface area contributed by atoms with Gasteiger partial charge in [0.05, 0.1) is 26.1 Å². The second kappa shape index (κ2) is 7.83. The van der Waals surface area contributed by atoms with Gasteiger partial charge in [-0.2, -0.15) is 0 Å². The van der Waals surface area contributed by atoms with Crippen LogP contribution in [0.2, 0.25) is 0 Å². The molecule has 0 saturated carbocycles. The molecule has 1 aromatic heterocycles. The summed E-state index contributed by atoms with van der Waals surface area (Å²) in [7, 11) is 0. The van der Waals surface area contributed by atoms with Crippen LogP contribution in [0.15, 0.2) is 36.4 Å². The predicted molar refractivity (Wildman–Crippen MR) is 116 cm³/mol. The Kier molecular flexibility index (Phi) is 5.21. The third-order valence-corrected chi connectivity index (χ3v) is 6.17. The Bertz CT molecular complexity index is 1170. The molecule has 1 unspecified atom stereocenters. The molecule has 0 bridgehead atoms. The topological polar surface area (TPSA) is 105 Å². The van der Waals surface area contributed by atoms with Crippen LogP contribution in [0.1, 0.15) is 23.9 Å². The molecule has 1 atom stereocenters. The van der Waals surface area contributed by atoms with E-state index in [1.165, 1.54) is 6.07 Å². The van der Waals surface area contributed by atoms with Crippen molar-refractivity contribution in [2.75, 3.05) is 16.8 Å². The van der Waals surface area contributed by atoms with Crippen LogP contribution in [0.5, 0.6) is 0 Å². The van der Waals surface area contributed by atoms with Crippen molar-refractivity contribution in [3.05, 3.63) is 57.1 Å². The first-order chi connectivity index (χ1) is 14.4. The first-order valence-corrected chi connectivity index (χ1v) is 10.4. The van der Waals surface area contributed by atoms with E-state index in [1.54, 1.807) is 28.4 Å². The summed E-state index contributed by atoms with van der Waals surface area (Å²) in [5, 5.41) is 14.9. The van der Waals surface area contributed by atoms with E-state index in [-0.39, 0.29) is 30.5 Å². The molecule has 2 heterocycles. The summed E-state index contributed by atoms with van der Waals surface area (Å²) in [5.74, 6) is -0.987. The second-order valence-electron chi connectivity index (χ2n) is 7.23. The van der Waals surface area contributed by atoms with E-state index in [2.05, 4.69) is 10.3 Å². The highest BCUT2D eigenvalue weighted by Gasteiger charge is 2.35. The van der Waals surface area contributed by atoms with Crippen molar-refractivity contribution in [1.29, 1.82) is 0 Å². The fourth-order valence-corrected chi connectivity index (χ4v) is 4.49. The molecule has 154 valence electrons. The molecular weight excluding hydrogens is 404 g/mol. The Morgan fingerprint density at radius 1 is 1.33 bits per heavy atom. The maximum Gasteiger partial charge on any atom is 0.274 e. The minimum Gasteiger partial charge on any atom is -0.326 e. The molecule has 1 aliphatic heterocycles. The molecule has 1 fully saturated rings. The number of anilines is 2. The zero-order valence-electron chi connectivity index (χ0n) is 16.5. The first-order valence-electron chi connectivity index (χ1n) is 9.61. The number of fused-ring (bicyclic) bond motifs is 1. The largest absolute Gasteiger partial charge is 0.326 e. The van der Waals surface area contributed by atoms with Gasteiger partial charge in [0.15, 0.2) is 0 Å². The number of thiazole rings is 1. The van der Waals surface area contributed by atoms with Gasteiger partial charge in [0.2, 0.25) is 11.8 Å². The lowest BCUT2D eigenvalue weighted by atomic mass is 10.1. The Balaban J connectivity index is 1.50. The molecule has 4 rings (SSSR count). The molecule has 8 nitrogen and oxygen atoms in total. The molecule has 0 radical (unpaired) electrons. The number of hydrogen-bond donors (Lipinski definition) is 1. The van der Waals surface area contributed by atoms with Crippen LogP contribution >= 0.6 is 11.3 Å². The van der Waals surface area contributed by atoms with Gasteiger partial charge in [-0.3, -0.25) is 19.7 Å². The summed E-state index contributed by atoms with van der Waals surface area (Å²) in [5.41, 5.74) is 2.49. The SMILES string of the molecule is CCc1ccc(NC(=O)C2CC(=O)N(c3ccc4sc(C)nc4c3)C2)cc1[N+](=O)[O-]. The molecule has 9 heteroatoms. The lowest BCUT2D eigenvalue weighted by molar-refractivity contribution is -0.385. The van der Waals surface area contributed by atoms with Crippen LogP contribution in [0, 0.1) is 23.0 Å². The molecule has 3 aromatic rings. The quantitative estimate of drug-likeness (QED) is 0.491.